The van der Waals surface area contributed by atoms with Crippen LogP contribution in [-0.4, -0.2) is 4.98 Å². The van der Waals surface area contributed by atoms with Gasteiger partial charge in [-0.2, -0.15) is 4.39 Å². The summed E-state index contributed by atoms with van der Waals surface area (Å²) >= 11 is 3.20. The van der Waals surface area contributed by atoms with E-state index >= 15 is 0 Å². The van der Waals surface area contributed by atoms with Crippen LogP contribution in [0.25, 0.3) is 0 Å². The van der Waals surface area contributed by atoms with Gasteiger partial charge in [-0.25, -0.2) is 4.98 Å². The summed E-state index contributed by atoms with van der Waals surface area (Å²) in [5.41, 5.74) is 0.905. The van der Waals surface area contributed by atoms with Crippen molar-refractivity contribution in [1.29, 1.82) is 0 Å². The lowest BCUT2D eigenvalue weighted by Gasteiger charge is -1.90. The van der Waals surface area contributed by atoms with Gasteiger partial charge in [0.25, 0.3) is 0 Å². The van der Waals surface area contributed by atoms with Crippen LogP contribution in [0.15, 0.2) is 18.3 Å². The lowest BCUT2D eigenvalue weighted by Crippen LogP contribution is -1.83. The van der Waals surface area contributed by atoms with Crippen LogP contribution in [0.4, 0.5) is 4.39 Å². The summed E-state index contributed by atoms with van der Waals surface area (Å²) in [6.45, 7) is 0. The third kappa shape index (κ3) is 2.75. The average molecular weight is 271 g/mol. The number of alkyl halides is 1. The second kappa shape index (κ2) is 4.79. The molecule has 0 aliphatic rings. The molecular formula is C6H6Br2FN. The van der Waals surface area contributed by atoms with E-state index in [0.717, 1.165) is 5.56 Å². The SMILES string of the molecule is Br.Fc1cc(CBr)ccn1. The molecule has 1 rings (SSSR count). The number of halogens is 3. The van der Waals surface area contributed by atoms with Crippen molar-refractivity contribution in [1.82, 2.24) is 4.98 Å². The molecule has 4 heteroatoms. The van der Waals surface area contributed by atoms with Gasteiger partial charge in [0.2, 0.25) is 5.95 Å². The van der Waals surface area contributed by atoms with Crippen molar-refractivity contribution in [3.8, 4) is 0 Å². The molecule has 0 N–H and O–H groups in total. The fourth-order valence-corrected chi connectivity index (χ4v) is 0.874. The number of nitrogens with zero attached hydrogens (tertiary/aromatic N) is 1. The second-order valence-electron chi connectivity index (χ2n) is 1.62. The predicted octanol–water partition coefficient (Wildman–Crippen LogP) is 2.69. The van der Waals surface area contributed by atoms with Crippen LogP contribution in [0.5, 0.6) is 0 Å². The summed E-state index contributed by atoms with van der Waals surface area (Å²) in [6.07, 6.45) is 1.45. The Labute approximate surface area is 77.6 Å². The van der Waals surface area contributed by atoms with E-state index in [1.54, 1.807) is 6.07 Å². The summed E-state index contributed by atoms with van der Waals surface area (Å²) in [5.74, 6) is -0.424. The van der Waals surface area contributed by atoms with Gasteiger partial charge in [0.1, 0.15) is 0 Å². The van der Waals surface area contributed by atoms with Gasteiger partial charge in [0.15, 0.2) is 0 Å². The van der Waals surface area contributed by atoms with Crippen molar-refractivity contribution in [2.45, 2.75) is 5.33 Å². The van der Waals surface area contributed by atoms with Crippen molar-refractivity contribution >= 4 is 32.9 Å². The monoisotopic (exact) mass is 269 g/mol. The summed E-state index contributed by atoms with van der Waals surface area (Å²) in [4.78, 5) is 3.40. The van der Waals surface area contributed by atoms with Crippen LogP contribution in [0, 0.1) is 5.95 Å². The van der Waals surface area contributed by atoms with E-state index in [4.69, 9.17) is 0 Å². The van der Waals surface area contributed by atoms with Crippen molar-refractivity contribution in [3.05, 3.63) is 29.8 Å². The van der Waals surface area contributed by atoms with Gasteiger partial charge < -0.3 is 0 Å². The summed E-state index contributed by atoms with van der Waals surface area (Å²) in [6, 6.07) is 3.16. The third-order valence-electron chi connectivity index (χ3n) is 0.945. The van der Waals surface area contributed by atoms with Gasteiger partial charge in [-0.3, -0.25) is 0 Å². The summed E-state index contributed by atoms with van der Waals surface area (Å²) in [7, 11) is 0. The Kier molecular flexibility index (Phi) is 4.81. The minimum Gasteiger partial charge on any atom is -0.228 e. The van der Waals surface area contributed by atoms with Gasteiger partial charge in [0, 0.05) is 11.5 Å². The Bertz CT molecular complexity index is 205. The number of hydrogen-bond acceptors (Lipinski definition) is 1. The number of hydrogen-bond donors (Lipinski definition) is 0. The quantitative estimate of drug-likeness (QED) is 0.565. The molecule has 0 amide bonds. The van der Waals surface area contributed by atoms with E-state index in [9.17, 15) is 4.39 Å². The molecule has 0 atom stereocenters. The van der Waals surface area contributed by atoms with E-state index in [2.05, 4.69) is 20.9 Å². The number of pyridine rings is 1. The molecular weight excluding hydrogens is 265 g/mol. The first-order valence-electron chi connectivity index (χ1n) is 2.49. The summed E-state index contributed by atoms with van der Waals surface area (Å²) in [5, 5.41) is 0.673. The van der Waals surface area contributed by atoms with Crippen LogP contribution in [0.2, 0.25) is 0 Å². The molecule has 0 fully saturated rings. The highest BCUT2D eigenvalue weighted by atomic mass is 79.9. The van der Waals surface area contributed by atoms with Crippen LogP contribution in [-0.2, 0) is 5.33 Å². The van der Waals surface area contributed by atoms with Gasteiger partial charge in [-0.05, 0) is 17.7 Å². The smallest absolute Gasteiger partial charge is 0.213 e. The highest BCUT2D eigenvalue weighted by molar-refractivity contribution is 9.08. The normalized spacial score (nSPS) is 8.60. The van der Waals surface area contributed by atoms with E-state index in [1.165, 1.54) is 12.3 Å². The lowest BCUT2D eigenvalue weighted by molar-refractivity contribution is 0.582. The molecule has 0 unspecified atom stereocenters. The fraction of sp³-hybridized carbons (Fsp3) is 0.167. The maximum absolute atomic E-state index is 12.2. The topological polar surface area (TPSA) is 12.9 Å². The molecule has 0 aliphatic carbocycles. The minimum atomic E-state index is -0.424. The molecule has 1 aromatic heterocycles. The Morgan fingerprint density at radius 2 is 2.30 bits per heavy atom. The van der Waals surface area contributed by atoms with Gasteiger partial charge >= 0.3 is 0 Å². The van der Waals surface area contributed by atoms with Crippen molar-refractivity contribution < 1.29 is 4.39 Å². The first kappa shape index (κ1) is 10.0. The number of aromatic nitrogens is 1. The molecule has 0 spiro atoms. The van der Waals surface area contributed by atoms with E-state index < -0.39 is 5.95 Å². The molecule has 0 saturated carbocycles. The maximum atomic E-state index is 12.2. The maximum Gasteiger partial charge on any atom is 0.213 e. The lowest BCUT2D eigenvalue weighted by atomic mass is 10.3. The van der Waals surface area contributed by atoms with Crippen molar-refractivity contribution in [2.24, 2.45) is 0 Å². The highest BCUT2D eigenvalue weighted by Gasteiger charge is 1.91. The highest BCUT2D eigenvalue weighted by Crippen LogP contribution is 2.04. The standard InChI is InChI=1S/C6H5BrFN.BrH/c7-4-5-1-2-9-6(8)3-5;/h1-3H,4H2;1H. The third-order valence-corrected chi connectivity index (χ3v) is 1.59. The van der Waals surface area contributed by atoms with Gasteiger partial charge in [0.05, 0.1) is 0 Å². The molecule has 10 heavy (non-hydrogen) atoms. The molecule has 0 radical (unpaired) electrons. The largest absolute Gasteiger partial charge is 0.228 e. The minimum absolute atomic E-state index is 0. The number of rotatable bonds is 1. The molecule has 0 aromatic carbocycles. The van der Waals surface area contributed by atoms with E-state index in [-0.39, 0.29) is 17.0 Å². The molecule has 1 heterocycles. The molecule has 1 aromatic rings. The Hall–Kier alpha value is 0.0400. The van der Waals surface area contributed by atoms with Crippen LogP contribution < -0.4 is 0 Å². The summed E-state index contributed by atoms with van der Waals surface area (Å²) < 4.78 is 12.2. The molecule has 0 aliphatic heterocycles. The average Bonchev–Trinajstić information content (AvgIpc) is 1.88. The molecule has 56 valence electrons. The van der Waals surface area contributed by atoms with Gasteiger partial charge in [-0.15, -0.1) is 17.0 Å². The fourth-order valence-electron chi connectivity index (χ4n) is 0.526. The van der Waals surface area contributed by atoms with Gasteiger partial charge in [-0.1, -0.05) is 15.9 Å². The predicted molar refractivity (Wildman–Crippen MR) is 47.1 cm³/mol. The zero-order valence-electron chi connectivity index (χ0n) is 5.05. The first-order chi connectivity index (χ1) is 4.33. The molecule has 1 nitrogen and oxygen atoms in total. The Morgan fingerprint density at radius 3 is 2.70 bits per heavy atom. The van der Waals surface area contributed by atoms with Crippen LogP contribution in [0.3, 0.4) is 0 Å². The molecule has 0 bridgehead atoms. The zero-order valence-corrected chi connectivity index (χ0v) is 8.35. The van der Waals surface area contributed by atoms with E-state index in [1.807, 2.05) is 0 Å². The molecule has 0 saturated heterocycles. The zero-order chi connectivity index (χ0) is 6.69. The van der Waals surface area contributed by atoms with Crippen molar-refractivity contribution in [3.63, 3.8) is 0 Å². The van der Waals surface area contributed by atoms with E-state index in [0.29, 0.717) is 5.33 Å². The Morgan fingerprint density at radius 1 is 1.60 bits per heavy atom. The Balaban J connectivity index is 0.000000810. The van der Waals surface area contributed by atoms with Crippen LogP contribution >= 0.6 is 32.9 Å². The first-order valence-corrected chi connectivity index (χ1v) is 3.61. The van der Waals surface area contributed by atoms with Crippen molar-refractivity contribution in [2.75, 3.05) is 0 Å². The van der Waals surface area contributed by atoms with Crippen LogP contribution in [0.1, 0.15) is 5.56 Å². The second-order valence-corrected chi connectivity index (χ2v) is 2.18.